The van der Waals surface area contributed by atoms with Crippen LogP contribution in [0, 0.1) is 5.82 Å². The van der Waals surface area contributed by atoms with Gasteiger partial charge in [0.1, 0.15) is 10.7 Å². The van der Waals surface area contributed by atoms with Gasteiger partial charge in [-0.05, 0) is 30.3 Å². The minimum absolute atomic E-state index is 0.0541. The van der Waals surface area contributed by atoms with E-state index < -0.39 is 5.82 Å². The average Bonchev–Trinajstić information content (AvgIpc) is 2.36. The number of hydrogen-bond donors (Lipinski definition) is 1. The van der Waals surface area contributed by atoms with E-state index in [0.717, 1.165) is 0 Å². The van der Waals surface area contributed by atoms with Crippen molar-refractivity contribution in [2.24, 2.45) is 5.73 Å². The third-order valence-corrected chi connectivity index (χ3v) is 3.31. The number of hydrogen-bond acceptors (Lipinski definition) is 2. The monoisotopic (exact) mass is 315 g/mol. The third-order valence-electron chi connectivity index (χ3n) is 2.34. The summed E-state index contributed by atoms with van der Waals surface area (Å²) in [5.74, 6) is -0.119. The molecule has 0 aliphatic heterocycles. The van der Waals surface area contributed by atoms with E-state index in [1.165, 1.54) is 18.2 Å². The van der Waals surface area contributed by atoms with Gasteiger partial charge in [-0.1, -0.05) is 35.4 Å². The molecule has 0 atom stereocenters. The Bertz CT molecular complexity index is 649. The molecule has 0 fully saturated rings. The smallest absolute Gasteiger partial charge is 0.166 e. The molecule has 0 unspecified atom stereocenters. The SMILES string of the molecule is NC(=S)c1ccc(Oc2ccc(Cl)c(Cl)c2)c(F)c1. The summed E-state index contributed by atoms with van der Waals surface area (Å²) < 4.78 is 19.2. The Hall–Kier alpha value is -1.36. The Morgan fingerprint density at radius 2 is 1.84 bits per heavy atom. The van der Waals surface area contributed by atoms with Crippen molar-refractivity contribution < 1.29 is 9.13 Å². The number of halogens is 3. The van der Waals surface area contributed by atoms with Gasteiger partial charge in [0.2, 0.25) is 0 Å². The minimum atomic E-state index is -0.559. The number of ether oxygens (including phenoxy) is 1. The molecule has 0 spiro atoms. The lowest BCUT2D eigenvalue weighted by atomic mass is 10.2. The second-order valence-electron chi connectivity index (χ2n) is 3.69. The predicted molar refractivity (Wildman–Crippen MR) is 78.8 cm³/mol. The molecule has 2 N–H and O–H groups in total. The Labute approximate surface area is 124 Å². The average molecular weight is 316 g/mol. The zero-order valence-electron chi connectivity index (χ0n) is 9.49. The summed E-state index contributed by atoms with van der Waals surface area (Å²) in [6.45, 7) is 0. The van der Waals surface area contributed by atoms with Crippen molar-refractivity contribution in [3.05, 3.63) is 57.8 Å². The van der Waals surface area contributed by atoms with Crippen molar-refractivity contribution in [1.82, 2.24) is 0 Å². The zero-order valence-corrected chi connectivity index (χ0v) is 11.8. The fraction of sp³-hybridized carbons (Fsp3) is 0. The van der Waals surface area contributed by atoms with Crippen LogP contribution in [0.4, 0.5) is 4.39 Å². The van der Waals surface area contributed by atoms with Crippen LogP contribution in [0.2, 0.25) is 10.0 Å². The molecule has 0 amide bonds. The number of thiocarbonyl (C=S) groups is 1. The van der Waals surface area contributed by atoms with Crippen LogP contribution in [-0.4, -0.2) is 4.99 Å². The Morgan fingerprint density at radius 1 is 1.11 bits per heavy atom. The molecule has 2 aromatic carbocycles. The van der Waals surface area contributed by atoms with Crippen LogP contribution in [0.5, 0.6) is 11.5 Å². The van der Waals surface area contributed by atoms with Crippen LogP contribution in [0.25, 0.3) is 0 Å². The largest absolute Gasteiger partial charge is 0.454 e. The molecular weight excluding hydrogens is 308 g/mol. The van der Waals surface area contributed by atoms with Crippen LogP contribution >= 0.6 is 35.4 Å². The molecular formula is C13H8Cl2FNOS. The van der Waals surface area contributed by atoms with E-state index in [0.29, 0.717) is 21.4 Å². The van der Waals surface area contributed by atoms with Crippen LogP contribution < -0.4 is 10.5 Å². The molecule has 0 aromatic heterocycles. The van der Waals surface area contributed by atoms with E-state index >= 15 is 0 Å². The highest BCUT2D eigenvalue weighted by molar-refractivity contribution is 7.80. The van der Waals surface area contributed by atoms with Gasteiger partial charge in [-0.2, -0.15) is 0 Å². The van der Waals surface area contributed by atoms with Crippen molar-refractivity contribution in [2.45, 2.75) is 0 Å². The maximum atomic E-state index is 13.8. The maximum absolute atomic E-state index is 13.8. The highest BCUT2D eigenvalue weighted by atomic mass is 35.5. The molecule has 98 valence electrons. The summed E-state index contributed by atoms with van der Waals surface area (Å²) in [5, 5.41) is 0.734. The van der Waals surface area contributed by atoms with Gasteiger partial charge in [0.05, 0.1) is 10.0 Å². The highest BCUT2D eigenvalue weighted by Crippen LogP contribution is 2.30. The molecule has 2 rings (SSSR count). The standard InChI is InChI=1S/C13H8Cl2FNOS/c14-9-3-2-8(6-10(9)15)18-12-4-1-7(13(17)19)5-11(12)16/h1-6H,(H2,17,19). The third kappa shape index (κ3) is 3.35. The summed E-state index contributed by atoms with van der Waals surface area (Å²) >= 11 is 16.4. The molecule has 0 aliphatic carbocycles. The van der Waals surface area contributed by atoms with Gasteiger partial charge in [0, 0.05) is 11.6 Å². The first-order valence-electron chi connectivity index (χ1n) is 5.19. The van der Waals surface area contributed by atoms with E-state index in [-0.39, 0.29) is 10.7 Å². The quantitative estimate of drug-likeness (QED) is 0.843. The molecule has 0 aliphatic rings. The molecule has 0 saturated carbocycles. The van der Waals surface area contributed by atoms with E-state index in [4.69, 9.17) is 45.9 Å². The molecule has 19 heavy (non-hydrogen) atoms. The summed E-state index contributed by atoms with van der Waals surface area (Å²) in [5.41, 5.74) is 5.85. The van der Waals surface area contributed by atoms with Crippen LogP contribution in [0.3, 0.4) is 0 Å². The zero-order chi connectivity index (χ0) is 14.0. The number of benzene rings is 2. The molecule has 2 nitrogen and oxygen atoms in total. The molecule has 0 bridgehead atoms. The van der Waals surface area contributed by atoms with Gasteiger partial charge < -0.3 is 10.5 Å². The molecule has 6 heteroatoms. The fourth-order valence-electron chi connectivity index (χ4n) is 1.40. The van der Waals surface area contributed by atoms with E-state index in [9.17, 15) is 4.39 Å². The second kappa shape index (κ2) is 5.74. The van der Waals surface area contributed by atoms with Gasteiger partial charge in [-0.3, -0.25) is 0 Å². The molecule has 2 aromatic rings. The second-order valence-corrected chi connectivity index (χ2v) is 4.94. The van der Waals surface area contributed by atoms with Gasteiger partial charge in [-0.25, -0.2) is 4.39 Å². The molecule has 0 saturated heterocycles. The van der Waals surface area contributed by atoms with Gasteiger partial charge >= 0.3 is 0 Å². The lowest BCUT2D eigenvalue weighted by Gasteiger charge is -2.08. The van der Waals surface area contributed by atoms with Crippen LogP contribution in [-0.2, 0) is 0 Å². The summed E-state index contributed by atoms with van der Waals surface area (Å²) in [6, 6.07) is 8.92. The maximum Gasteiger partial charge on any atom is 0.166 e. The first-order valence-corrected chi connectivity index (χ1v) is 6.36. The van der Waals surface area contributed by atoms with Gasteiger partial charge in [0.15, 0.2) is 11.6 Å². The highest BCUT2D eigenvalue weighted by Gasteiger charge is 2.08. The summed E-state index contributed by atoms with van der Waals surface area (Å²) in [7, 11) is 0. The predicted octanol–water partition coefficient (Wildman–Crippen LogP) is 4.56. The summed E-state index contributed by atoms with van der Waals surface area (Å²) in [4.78, 5) is 0.125. The fourth-order valence-corrected chi connectivity index (χ4v) is 1.82. The molecule has 0 radical (unpaired) electrons. The Balaban J connectivity index is 2.28. The van der Waals surface area contributed by atoms with Crippen LogP contribution in [0.1, 0.15) is 5.56 Å². The summed E-state index contributed by atoms with van der Waals surface area (Å²) in [6.07, 6.45) is 0. The number of nitrogens with two attached hydrogens (primary N) is 1. The first kappa shape index (κ1) is 14.1. The lowest BCUT2D eigenvalue weighted by Crippen LogP contribution is -2.09. The van der Waals surface area contributed by atoms with Crippen molar-refractivity contribution >= 4 is 40.4 Å². The van der Waals surface area contributed by atoms with Gasteiger partial charge in [0.25, 0.3) is 0 Å². The Morgan fingerprint density at radius 3 is 2.42 bits per heavy atom. The molecule has 0 heterocycles. The van der Waals surface area contributed by atoms with Crippen molar-refractivity contribution in [1.29, 1.82) is 0 Å². The van der Waals surface area contributed by atoms with E-state index in [1.54, 1.807) is 18.2 Å². The van der Waals surface area contributed by atoms with E-state index in [2.05, 4.69) is 0 Å². The first-order chi connectivity index (χ1) is 8.97. The lowest BCUT2D eigenvalue weighted by molar-refractivity contribution is 0.442. The van der Waals surface area contributed by atoms with Crippen molar-refractivity contribution in [2.75, 3.05) is 0 Å². The normalized spacial score (nSPS) is 10.3. The van der Waals surface area contributed by atoms with Crippen LogP contribution in [0.15, 0.2) is 36.4 Å². The minimum Gasteiger partial charge on any atom is -0.454 e. The number of rotatable bonds is 3. The van der Waals surface area contributed by atoms with Gasteiger partial charge in [-0.15, -0.1) is 0 Å². The Kier molecular flexibility index (Phi) is 4.24. The van der Waals surface area contributed by atoms with Crippen molar-refractivity contribution in [3.63, 3.8) is 0 Å². The van der Waals surface area contributed by atoms with Crippen molar-refractivity contribution in [3.8, 4) is 11.5 Å². The van der Waals surface area contributed by atoms with E-state index in [1.807, 2.05) is 0 Å². The topological polar surface area (TPSA) is 35.2 Å².